The Labute approximate surface area is 68.9 Å². The van der Waals surface area contributed by atoms with E-state index in [1.54, 1.807) is 0 Å². The summed E-state index contributed by atoms with van der Waals surface area (Å²) in [7, 11) is 0. The lowest BCUT2D eigenvalue weighted by atomic mass is 9.91. The highest BCUT2D eigenvalue weighted by Gasteiger charge is 2.36. The van der Waals surface area contributed by atoms with Gasteiger partial charge in [0, 0.05) is 6.42 Å². The molecule has 1 unspecified atom stereocenters. The van der Waals surface area contributed by atoms with Crippen molar-refractivity contribution in [1.82, 2.24) is 0 Å². The van der Waals surface area contributed by atoms with Gasteiger partial charge in [0.2, 0.25) is 0 Å². The van der Waals surface area contributed by atoms with E-state index in [-0.39, 0.29) is 19.4 Å². The summed E-state index contributed by atoms with van der Waals surface area (Å²) in [6, 6.07) is 0. The van der Waals surface area contributed by atoms with E-state index in [0.717, 1.165) is 0 Å². The molecular weight excluding hydrogens is 164 g/mol. The summed E-state index contributed by atoms with van der Waals surface area (Å²) < 4.78 is 4.56. The molecule has 1 atom stereocenters. The molecule has 1 aliphatic rings. The van der Waals surface area contributed by atoms with E-state index in [1.165, 1.54) is 0 Å². The molecule has 5 nitrogen and oxygen atoms in total. The zero-order chi connectivity index (χ0) is 9.19. The van der Waals surface area contributed by atoms with Crippen LogP contribution in [0.4, 0.5) is 0 Å². The first kappa shape index (κ1) is 8.99. The maximum atomic E-state index is 10.7. The molecule has 0 radical (unpaired) electrons. The first-order valence-corrected chi connectivity index (χ1v) is 3.62. The van der Waals surface area contributed by atoms with Crippen molar-refractivity contribution >= 4 is 11.9 Å². The number of carboxylic acid groups (broad SMARTS) is 1. The number of carbonyl (C=O) groups is 2. The molecular formula is C7H10O5. The van der Waals surface area contributed by atoms with E-state index in [1.807, 2.05) is 0 Å². The molecule has 0 amide bonds. The third-order valence-corrected chi connectivity index (χ3v) is 1.78. The molecule has 0 aromatic rings. The molecule has 0 saturated carbocycles. The van der Waals surface area contributed by atoms with Crippen LogP contribution in [-0.2, 0) is 14.3 Å². The summed E-state index contributed by atoms with van der Waals surface area (Å²) in [4.78, 5) is 21.0. The Morgan fingerprint density at radius 3 is 2.83 bits per heavy atom. The average Bonchev–Trinajstić information content (AvgIpc) is 1.82. The van der Waals surface area contributed by atoms with Crippen molar-refractivity contribution in [3.63, 3.8) is 0 Å². The van der Waals surface area contributed by atoms with Crippen LogP contribution in [0.3, 0.4) is 0 Å². The number of rotatable bonds is 2. The number of aliphatic hydroxyl groups is 1. The van der Waals surface area contributed by atoms with Gasteiger partial charge >= 0.3 is 11.9 Å². The van der Waals surface area contributed by atoms with Gasteiger partial charge in [-0.3, -0.25) is 9.59 Å². The monoisotopic (exact) mass is 174 g/mol. The first-order valence-electron chi connectivity index (χ1n) is 3.62. The second kappa shape index (κ2) is 3.10. The maximum absolute atomic E-state index is 10.7. The fourth-order valence-corrected chi connectivity index (χ4v) is 1.20. The molecule has 0 aromatic carbocycles. The molecule has 1 saturated heterocycles. The van der Waals surface area contributed by atoms with Crippen LogP contribution in [0.25, 0.3) is 0 Å². The second-order valence-electron chi connectivity index (χ2n) is 2.94. The molecule has 0 spiro atoms. The van der Waals surface area contributed by atoms with Crippen LogP contribution in [0.15, 0.2) is 0 Å². The normalized spacial score (nSPS) is 29.6. The lowest BCUT2D eigenvalue weighted by Crippen LogP contribution is -2.40. The quantitative estimate of drug-likeness (QED) is 0.553. The SMILES string of the molecule is O=C(O)CC1(O)CCOC(=O)C1. The van der Waals surface area contributed by atoms with Crippen LogP contribution in [0.1, 0.15) is 19.3 Å². The highest BCUT2D eigenvalue weighted by molar-refractivity contribution is 5.74. The second-order valence-corrected chi connectivity index (χ2v) is 2.94. The van der Waals surface area contributed by atoms with Gasteiger partial charge in [-0.2, -0.15) is 0 Å². The van der Waals surface area contributed by atoms with Gasteiger partial charge in [-0.1, -0.05) is 0 Å². The third kappa shape index (κ3) is 2.20. The number of aliphatic carboxylic acids is 1. The molecule has 2 N–H and O–H groups in total. The fourth-order valence-electron chi connectivity index (χ4n) is 1.20. The molecule has 1 fully saturated rings. The topological polar surface area (TPSA) is 83.8 Å². The van der Waals surface area contributed by atoms with Gasteiger partial charge in [0.25, 0.3) is 0 Å². The standard InChI is InChI=1S/C7H10O5/c8-5(9)3-7(11)1-2-12-6(10)4-7/h11H,1-4H2,(H,8,9). The van der Waals surface area contributed by atoms with Crippen LogP contribution in [0, 0.1) is 0 Å². The minimum absolute atomic E-state index is 0.0998. The summed E-state index contributed by atoms with van der Waals surface area (Å²) >= 11 is 0. The number of hydrogen-bond donors (Lipinski definition) is 2. The van der Waals surface area contributed by atoms with Crippen molar-refractivity contribution in [3.05, 3.63) is 0 Å². The minimum atomic E-state index is -1.40. The van der Waals surface area contributed by atoms with Crippen molar-refractivity contribution in [1.29, 1.82) is 0 Å². The molecule has 1 heterocycles. The van der Waals surface area contributed by atoms with Gasteiger partial charge in [-0.05, 0) is 0 Å². The van der Waals surface area contributed by atoms with Crippen LogP contribution < -0.4 is 0 Å². The lowest BCUT2D eigenvalue weighted by Gasteiger charge is -2.29. The van der Waals surface area contributed by atoms with E-state index in [4.69, 9.17) is 5.11 Å². The highest BCUT2D eigenvalue weighted by atomic mass is 16.5. The van der Waals surface area contributed by atoms with E-state index in [0.29, 0.717) is 0 Å². The molecule has 1 rings (SSSR count). The Bertz CT molecular complexity index is 208. The van der Waals surface area contributed by atoms with Gasteiger partial charge < -0.3 is 14.9 Å². The Kier molecular flexibility index (Phi) is 2.32. The van der Waals surface area contributed by atoms with Gasteiger partial charge in [0.05, 0.1) is 25.0 Å². The zero-order valence-corrected chi connectivity index (χ0v) is 6.45. The number of cyclic esters (lactones) is 1. The zero-order valence-electron chi connectivity index (χ0n) is 6.45. The highest BCUT2D eigenvalue weighted by Crippen LogP contribution is 2.24. The number of ether oxygens (including phenoxy) is 1. The smallest absolute Gasteiger partial charge is 0.308 e. The van der Waals surface area contributed by atoms with E-state index in [9.17, 15) is 14.7 Å². The fraction of sp³-hybridized carbons (Fsp3) is 0.714. The summed E-state index contributed by atoms with van der Waals surface area (Å²) in [5.74, 6) is -1.64. The molecule has 5 heteroatoms. The molecule has 12 heavy (non-hydrogen) atoms. The van der Waals surface area contributed by atoms with Crippen molar-refractivity contribution in [3.8, 4) is 0 Å². The third-order valence-electron chi connectivity index (χ3n) is 1.78. The lowest BCUT2D eigenvalue weighted by molar-refractivity contribution is -0.163. The van der Waals surface area contributed by atoms with Crippen molar-refractivity contribution in [2.45, 2.75) is 24.9 Å². The Morgan fingerprint density at radius 2 is 2.33 bits per heavy atom. The van der Waals surface area contributed by atoms with Gasteiger partial charge in [-0.25, -0.2) is 0 Å². The Hall–Kier alpha value is -1.10. The molecule has 0 aromatic heterocycles. The summed E-state index contributed by atoms with van der Waals surface area (Å²) in [6.45, 7) is 0.0998. The first-order chi connectivity index (χ1) is 5.52. The van der Waals surface area contributed by atoms with Crippen molar-refractivity contribution < 1.29 is 24.5 Å². The van der Waals surface area contributed by atoms with Crippen LogP contribution >= 0.6 is 0 Å². The van der Waals surface area contributed by atoms with Gasteiger partial charge in [-0.15, -0.1) is 0 Å². The van der Waals surface area contributed by atoms with Crippen molar-refractivity contribution in [2.24, 2.45) is 0 Å². The maximum Gasteiger partial charge on any atom is 0.308 e. The van der Waals surface area contributed by atoms with Crippen molar-refractivity contribution in [2.75, 3.05) is 6.61 Å². The summed E-state index contributed by atoms with van der Waals surface area (Å²) in [6.07, 6.45) is -0.424. The van der Waals surface area contributed by atoms with E-state index >= 15 is 0 Å². The predicted molar refractivity (Wildman–Crippen MR) is 37.4 cm³/mol. The molecule has 68 valence electrons. The molecule has 0 bridgehead atoms. The van der Waals surface area contributed by atoms with Crippen LogP contribution in [0.5, 0.6) is 0 Å². The Morgan fingerprint density at radius 1 is 1.67 bits per heavy atom. The van der Waals surface area contributed by atoms with Crippen LogP contribution in [-0.4, -0.2) is 34.4 Å². The van der Waals surface area contributed by atoms with Gasteiger partial charge in [0.15, 0.2) is 0 Å². The van der Waals surface area contributed by atoms with Gasteiger partial charge in [0.1, 0.15) is 0 Å². The predicted octanol–water partition coefficient (Wildman–Crippen LogP) is -0.471. The number of hydrogen-bond acceptors (Lipinski definition) is 4. The Balaban J connectivity index is 2.57. The molecule has 1 aliphatic heterocycles. The minimum Gasteiger partial charge on any atom is -0.481 e. The van der Waals surface area contributed by atoms with Crippen LogP contribution in [0.2, 0.25) is 0 Å². The number of esters is 1. The van der Waals surface area contributed by atoms with E-state index < -0.39 is 24.0 Å². The largest absolute Gasteiger partial charge is 0.481 e. The summed E-state index contributed by atoms with van der Waals surface area (Å²) in [5, 5.41) is 17.9. The summed E-state index contributed by atoms with van der Waals surface area (Å²) in [5.41, 5.74) is -1.40. The molecule has 0 aliphatic carbocycles. The number of carbonyl (C=O) groups excluding carboxylic acids is 1. The van der Waals surface area contributed by atoms with E-state index in [2.05, 4.69) is 4.74 Å². The average molecular weight is 174 g/mol. The number of carboxylic acids is 1.